The van der Waals surface area contributed by atoms with Crippen LogP contribution in [0.4, 0.5) is 13.2 Å². The number of benzene rings is 1. The van der Waals surface area contributed by atoms with E-state index in [9.17, 15) is 13.2 Å². The Balaban J connectivity index is 2.09. The Morgan fingerprint density at radius 1 is 1.41 bits per heavy atom. The zero-order valence-corrected chi connectivity index (χ0v) is 9.57. The van der Waals surface area contributed by atoms with Crippen molar-refractivity contribution in [1.29, 1.82) is 0 Å². The van der Waals surface area contributed by atoms with E-state index in [1.807, 2.05) is 0 Å². The zero-order chi connectivity index (χ0) is 12.5. The van der Waals surface area contributed by atoms with Crippen LogP contribution in [0.25, 0.3) is 0 Å². The van der Waals surface area contributed by atoms with Gasteiger partial charge in [-0.15, -0.1) is 0 Å². The van der Waals surface area contributed by atoms with Crippen LogP contribution in [-0.2, 0) is 17.3 Å². The van der Waals surface area contributed by atoms with Gasteiger partial charge in [0.2, 0.25) is 0 Å². The maximum Gasteiger partial charge on any atom is 0.416 e. The minimum Gasteiger partial charge on any atom is -0.469 e. The quantitative estimate of drug-likeness (QED) is 0.827. The summed E-state index contributed by atoms with van der Waals surface area (Å²) >= 11 is 4.78. The maximum atomic E-state index is 12.5. The van der Waals surface area contributed by atoms with Gasteiger partial charge in [-0.05, 0) is 30.3 Å². The highest BCUT2D eigenvalue weighted by Gasteiger charge is 2.30. The summed E-state index contributed by atoms with van der Waals surface area (Å²) in [7, 11) is 0. The first-order chi connectivity index (χ1) is 7.95. The van der Waals surface area contributed by atoms with Gasteiger partial charge in [0.25, 0.3) is 5.17 Å². The molecule has 0 spiro atoms. The molecule has 1 aliphatic heterocycles. The van der Waals surface area contributed by atoms with Gasteiger partial charge in [-0.2, -0.15) is 13.2 Å². The van der Waals surface area contributed by atoms with E-state index in [-0.39, 0.29) is 6.04 Å². The van der Waals surface area contributed by atoms with Crippen molar-refractivity contribution >= 4 is 17.4 Å². The standard InChI is InChI=1S/C11H10F3NOS/c12-11(13,14)8-3-1-2-7(4-8)5-9-6-16-10(17)15-9/h1-4,9H,5-6H2,(H,15,17). The molecule has 1 heterocycles. The van der Waals surface area contributed by atoms with Gasteiger partial charge >= 0.3 is 6.18 Å². The number of halogens is 3. The second kappa shape index (κ2) is 4.52. The number of hydrogen-bond donors (Lipinski definition) is 1. The van der Waals surface area contributed by atoms with Crippen LogP contribution in [0, 0.1) is 0 Å². The SMILES string of the molecule is FC(F)(F)c1cccc(CC2COC(=S)N2)c1. The van der Waals surface area contributed by atoms with Crippen molar-refractivity contribution in [3.8, 4) is 0 Å². The van der Waals surface area contributed by atoms with Crippen LogP contribution >= 0.6 is 12.2 Å². The van der Waals surface area contributed by atoms with Crippen molar-refractivity contribution in [1.82, 2.24) is 5.32 Å². The first-order valence-electron chi connectivity index (χ1n) is 5.04. The molecule has 1 aromatic rings. The minimum atomic E-state index is -4.30. The lowest BCUT2D eigenvalue weighted by Gasteiger charge is -2.11. The highest BCUT2D eigenvalue weighted by Crippen LogP contribution is 2.29. The van der Waals surface area contributed by atoms with Crippen molar-refractivity contribution in [2.75, 3.05) is 6.61 Å². The summed E-state index contributed by atoms with van der Waals surface area (Å²) in [4.78, 5) is 0. The Bertz CT molecular complexity index is 433. The summed E-state index contributed by atoms with van der Waals surface area (Å²) < 4.78 is 42.5. The van der Waals surface area contributed by atoms with E-state index in [0.29, 0.717) is 23.8 Å². The molecule has 1 aromatic carbocycles. The second-order valence-corrected chi connectivity index (χ2v) is 4.21. The largest absolute Gasteiger partial charge is 0.469 e. The molecule has 1 saturated heterocycles. The second-order valence-electron chi connectivity index (χ2n) is 3.84. The Labute approximate surface area is 102 Å². The Hall–Kier alpha value is -1.30. The molecule has 17 heavy (non-hydrogen) atoms. The van der Waals surface area contributed by atoms with Gasteiger partial charge in [-0.3, -0.25) is 0 Å². The van der Waals surface area contributed by atoms with E-state index in [2.05, 4.69) is 5.32 Å². The smallest absolute Gasteiger partial charge is 0.416 e. The minimum absolute atomic E-state index is 0.0500. The van der Waals surface area contributed by atoms with Crippen molar-refractivity contribution in [3.63, 3.8) is 0 Å². The van der Waals surface area contributed by atoms with Gasteiger partial charge in [0.15, 0.2) is 0 Å². The van der Waals surface area contributed by atoms with Crippen LogP contribution in [0.3, 0.4) is 0 Å². The van der Waals surface area contributed by atoms with Gasteiger partial charge < -0.3 is 10.1 Å². The summed E-state index contributed by atoms with van der Waals surface area (Å²) in [6.07, 6.45) is -3.84. The molecule has 0 amide bonds. The highest BCUT2D eigenvalue weighted by molar-refractivity contribution is 7.80. The molecule has 1 atom stereocenters. The first-order valence-corrected chi connectivity index (χ1v) is 5.45. The number of nitrogens with one attached hydrogen (secondary N) is 1. The average Bonchev–Trinajstić information content (AvgIpc) is 2.63. The normalized spacial score (nSPS) is 19.9. The summed E-state index contributed by atoms with van der Waals surface area (Å²) in [5.41, 5.74) is -0.0119. The van der Waals surface area contributed by atoms with E-state index in [0.717, 1.165) is 12.1 Å². The summed E-state index contributed by atoms with van der Waals surface area (Å²) in [6, 6.07) is 5.24. The van der Waals surface area contributed by atoms with Crippen molar-refractivity contribution < 1.29 is 17.9 Å². The third-order valence-electron chi connectivity index (χ3n) is 2.47. The molecule has 1 unspecified atom stereocenters. The fourth-order valence-electron chi connectivity index (χ4n) is 1.70. The van der Waals surface area contributed by atoms with E-state index in [1.54, 1.807) is 6.07 Å². The van der Waals surface area contributed by atoms with Gasteiger partial charge in [0.1, 0.15) is 6.61 Å². The number of rotatable bonds is 2. The predicted molar refractivity (Wildman–Crippen MR) is 60.6 cm³/mol. The molecule has 0 saturated carbocycles. The Morgan fingerprint density at radius 2 is 2.18 bits per heavy atom. The third-order valence-corrected chi connectivity index (χ3v) is 2.71. The van der Waals surface area contributed by atoms with Gasteiger partial charge in [-0.1, -0.05) is 18.2 Å². The average molecular weight is 261 g/mol. The third kappa shape index (κ3) is 3.09. The molecule has 0 radical (unpaired) electrons. The summed E-state index contributed by atoms with van der Waals surface area (Å²) in [5, 5.41) is 3.20. The Kier molecular flexibility index (Phi) is 3.24. The van der Waals surface area contributed by atoms with Gasteiger partial charge in [0, 0.05) is 0 Å². The van der Waals surface area contributed by atoms with Gasteiger partial charge in [-0.25, -0.2) is 0 Å². The number of thiocarbonyl (C=S) groups is 1. The maximum absolute atomic E-state index is 12.5. The number of ether oxygens (including phenoxy) is 1. The Morgan fingerprint density at radius 3 is 2.76 bits per heavy atom. The van der Waals surface area contributed by atoms with Crippen LogP contribution in [0.5, 0.6) is 0 Å². The molecule has 2 nitrogen and oxygen atoms in total. The fourth-order valence-corrected chi connectivity index (χ4v) is 1.93. The number of alkyl halides is 3. The highest BCUT2D eigenvalue weighted by atomic mass is 32.1. The number of hydrogen-bond acceptors (Lipinski definition) is 2. The van der Waals surface area contributed by atoms with Crippen LogP contribution in [0.2, 0.25) is 0 Å². The molecule has 6 heteroatoms. The predicted octanol–water partition coefficient (Wildman–Crippen LogP) is 2.52. The van der Waals surface area contributed by atoms with Crippen molar-refractivity contribution in [2.45, 2.75) is 18.6 Å². The van der Waals surface area contributed by atoms with Crippen LogP contribution < -0.4 is 5.32 Å². The molecular formula is C11H10F3NOS. The lowest BCUT2D eigenvalue weighted by Crippen LogP contribution is -2.28. The molecule has 1 fully saturated rings. The van der Waals surface area contributed by atoms with Crippen molar-refractivity contribution in [2.24, 2.45) is 0 Å². The molecule has 1 N–H and O–H groups in total. The van der Waals surface area contributed by atoms with E-state index < -0.39 is 11.7 Å². The van der Waals surface area contributed by atoms with Crippen LogP contribution in [-0.4, -0.2) is 17.8 Å². The lowest BCUT2D eigenvalue weighted by molar-refractivity contribution is -0.137. The fraction of sp³-hybridized carbons (Fsp3) is 0.364. The molecule has 0 bridgehead atoms. The molecule has 0 aliphatic carbocycles. The lowest BCUT2D eigenvalue weighted by atomic mass is 10.0. The van der Waals surface area contributed by atoms with E-state index in [1.165, 1.54) is 6.07 Å². The first kappa shape index (κ1) is 12.2. The molecule has 1 aliphatic rings. The monoisotopic (exact) mass is 261 g/mol. The summed E-state index contributed by atoms with van der Waals surface area (Å²) in [6.45, 7) is 0.398. The van der Waals surface area contributed by atoms with E-state index in [4.69, 9.17) is 17.0 Å². The van der Waals surface area contributed by atoms with Crippen LogP contribution in [0.1, 0.15) is 11.1 Å². The molecule has 2 rings (SSSR count). The topological polar surface area (TPSA) is 21.3 Å². The molecule has 92 valence electrons. The summed E-state index contributed by atoms with van der Waals surface area (Å²) in [5.74, 6) is 0. The van der Waals surface area contributed by atoms with E-state index >= 15 is 0 Å². The zero-order valence-electron chi connectivity index (χ0n) is 8.75. The molecular weight excluding hydrogens is 251 g/mol. The van der Waals surface area contributed by atoms with Gasteiger partial charge in [0.05, 0.1) is 11.6 Å². The van der Waals surface area contributed by atoms with Crippen LogP contribution in [0.15, 0.2) is 24.3 Å². The van der Waals surface area contributed by atoms with Crippen molar-refractivity contribution in [3.05, 3.63) is 35.4 Å². The molecule has 0 aromatic heterocycles.